The number of carbonyl (C=O) groups excluding carboxylic acids is 4. The first-order valence-corrected chi connectivity index (χ1v) is 39.0. The molecule has 0 bridgehead atoms. The van der Waals surface area contributed by atoms with Gasteiger partial charge in [-0.05, 0) is 37.5 Å². The molecule has 88 heavy (non-hydrogen) atoms. The average molecular weight is 1300 g/mol. The van der Waals surface area contributed by atoms with Crippen LogP contribution < -0.4 is 0 Å². The third-order valence-electron chi connectivity index (χ3n) is 16.3. The third-order valence-corrected chi connectivity index (χ3v) is 18.2. The van der Waals surface area contributed by atoms with E-state index in [1.807, 2.05) is 0 Å². The molecule has 0 aliphatic heterocycles. The molecule has 0 aliphatic rings. The monoisotopic (exact) mass is 1300 g/mol. The molecule has 522 valence electrons. The molecule has 19 heteroatoms. The lowest BCUT2D eigenvalue weighted by atomic mass is 9.99. The van der Waals surface area contributed by atoms with Gasteiger partial charge in [0.05, 0.1) is 26.4 Å². The van der Waals surface area contributed by atoms with Gasteiger partial charge in [-0.3, -0.25) is 37.3 Å². The van der Waals surface area contributed by atoms with Crippen LogP contribution in [-0.2, 0) is 65.4 Å². The van der Waals surface area contributed by atoms with Crippen molar-refractivity contribution in [2.75, 3.05) is 39.6 Å². The summed E-state index contributed by atoms with van der Waals surface area (Å²) < 4.78 is 68.2. The van der Waals surface area contributed by atoms with E-state index < -0.39 is 97.5 Å². The van der Waals surface area contributed by atoms with Gasteiger partial charge in [0.2, 0.25) is 0 Å². The fraction of sp³-hybridized carbons (Fsp3) is 0.942. The second-order valence-electron chi connectivity index (χ2n) is 25.6. The molecular formula is C69H134O17P2. The lowest BCUT2D eigenvalue weighted by Crippen LogP contribution is -2.30. The first-order chi connectivity index (χ1) is 42.4. The number of esters is 4. The van der Waals surface area contributed by atoms with Gasteiger partial charge in [-0.15, -0.1) is 0 Å². The van der Waals surface area contributed by atoms with E-state index in [0.717, 1.165) is 102 Å². The number of ether oxygens (including phenoxy) is 4. The van der Waals surface area contributed by atoms with Crippen LogP contribution in [0.15, 0.2) is 0 Å². The highest BCUT2D eigenvalue weighted by Crippen LogP contribution is 2.45. The van der Waals surface area contributed by atoms with E-state index in [9.17, 15) is 43.2 Å². The van der Waals surface area contributed by atoms with Gasteiger partial charge in [0, 0.05) is 25.7 Å². The first-order valence-electron chi connectivity index (χ1n) is 36.0. The first kappa shape index (κ1) is 86.1. The van der Waals surface area contributed by atoms with Crippen molar-refractivity contribution >= 4 is 39.5 Å². The number of aliphatic hydroxyl groups excluding tert-OH is 1. The van der Waals surface area contributed by atoms with Crippen LogP contribution >= 0.6 is 15.6 Å². The molecule has 6 atom stereocenters. The van der Waals surface area contributed by atoms with Crippen molar-refractivity contribution in [3.63, 3.8) is 0 Å². The summed E-state index contributed by atoms with van der Waals surface area (Å²) in [5.74, 6) is -0.564. The minimum Gasteiger partial charge on any atom is -0.462 e. The maximum absolute atomic E-state index is 13.0. The maximum atomic E-state index is 13.0. The fourth-order valence-corrected chi connectivity index (χ4v) is 12.0. The third kappa shape index (κ3) is 61.6. The van der Waals surface area contributed by atoms with Crippen LogP contribution in [-0.4, -0.2) is 96.7 Å². The zero-order valence-electron chi connectivity index (χ0n) is 57.0. The number of rotatable bonds is 68. The maximum Gasteiger partial charge on any atom is 0.472 e. The Morgan fingerprint density at radius 2 is 0.580 bits per heavy atom. The second kappa shape index (κ2) is 61.3. The summed E-state index contributed by atoms with van der Waals surface area (Å²) in [5.41, 5.74) is 0. The molecule has 0 aliphatic carbocycles. The largest absolute Gasteiger partial charge is 0.472 e. The Bertz CT molecular complexity index is 1720. The van der Waals surface area contributed by atoms with Gasteiger partial charge in [0.25, 0.3) is 0 Å². The van der Waals surface area contributed by atoms with Gasteiger partial charge in [-0.1, -0.05) is 298 Å². The van der Waals surface area contributed by atoms with Crippen molar-refractivity contribution in [1.82, 2.24) is 0 Å². The van der Waals surface area contributed by atoms with Crippen molar-refractivity contribution < 1.29 is 80.2 Å². The molecule has 0 rings (SSSR count). The normalized spacial score (nSPS) is 14.5. The van der Waals surface area contributed by atoms with Gasteiger partial charge < -0.3 is 33.8 Å². The van der Waals surface area contributed by atoms with Crippen LogP contribution in [0.4, 0.5) is 0 Å². The van der Waals surface area contributed by atoms with Crippen LogP contribution in [0, 0.1) is 11.8 Å². The summed E-state index contributed by atoms with van der Waals surface area (Å²) in [5, 5.41) is 10.6. The summed E-state index contributed by atoms with van der Waals surface area (Å²) >= 11 is 0. The topological polar surface area (TPSA) is 237 Å². The number of unbranched alkanes of at least 4 members (excludes halogenated alkanes) is 37. The number of carbonyl (C=O) groups is 4. The molecule has 0 aromatic heterocycles. The number of aliphatic hydroxyl groups is 1. The zero-order chi connectivity index (χ0) is 65.0. The molecular weight excluding hydrogens is 1160 g/mol. The Balaban J connectivity index is 5.25. The number of hydrogen-bond acceptors (Lipinski definition) is 15. The predicted molar refractivity (Wildman–Crippen MR) is 354 cm³/mol. The van der Waals surface area contributed by atoms with Crippen molar-refractivity contribution in [1.29, 1.82) is 0 Å². The lowest BCUT2D eigenvalue weighted by Gasteiger charge is -2.21. The van der Waals surface area contributed by atoms with E-state index >= 15 is 0 Å². The van der Waals surface area contributed by atoms with E-state index in [-0.39, 0.29) is 25.7 Å². The van der Waals surface area contributed by atoms with E-state index in [2.05, 4.69) is 41.5 Å². The second-order valence-corrected chi connectivity index (χ2v) is 28.5. The molecule has 17 nitrogen and oxygen atoms in total. The molecule has 0 amide bonds. The Labute approximate surface area is 537 Å². The smallest absolute Gasteiger partial charge is 0.462 e. The molecule has 0 heterocycles. The highest BCUT2D eigenvalue weighted by atomic mass is 31.2. The number of phosphoric ester groups is 2. The van der Waals surface area contributed by atoms with Gasteiger partial charge in [-0.25, -0.2) is 9.13 Å². The van der Waals surface area contributed by atoms with E-state index in [1.165, 1.54) is 167 Å². The Morgan fingerprint density at radius 1 is 0.330 bits per heavy atom. The van der Waals surface area contributed by atoms with Gasteiger partial charge in [0.15, 0.2) is 12.2 Å². The number of hydrogen-bond donors (Lipinski definition) is 3. The van der Waals surface area contributed by atoms with Crippen molar-refractivity contribution in [3.8, 4) is 0 Å². The minimum atomic E-state index is -4.95. The van der Waals surface area contributed by atoms with Crippen molar-refractivity contribution in [3.05, 3.63) is 0 Å². The summed E-state index contributed by atoms with van der Waals surface area (Å²) in [6, 6.07) is 0. The lowest BCUT2D eigenvalue weighted by molar-refractivity contribution is -0.161. The van der Waals surface area contributed by atoms with Crippen LogP contribution in [0.5, 0.6) is 0 Å². The van der Waals surface area contributed by atoms with E-state index in [1.54, 1.807) is 0 Å². The molecule has 0 fully saturated rings. The molecule has 0 radical (unpaired) electrons. The van der Waals surface area contributed by atoms with Crippen LogP contribution in [0.2, 0.25) is 0 Å². The zero-order valence-corrected chi connectivity index (χ0v) is 58.8. The van der Waals surface area contributed by atoms with E-state index in [4.69, 9.17) is 37.0 Å². The van der Waals surface area contributed by atoms with Gasteiger partial charge >= 0.3 is 39.5 Å². The SMILES string of the molecule is CCCCCCCCCCCCCCC(=O)O[C@H](COC(=O)CCCCCCCCCCC)COP(=O)(O)OC[C@H](O)COP(=O)(O)OC[C@@H](COC(=O)CCCCCCCCCCCCC(C)C)OC(=O)CCCCCCCCCCCCC(C)CC. The van der Waals surface area contributed by atoms with Gasteiger partial charge in [-0.2, -0.15) is 0 Å². The predicted octanol–water partition coefficient (Wildman–Crippen LogP) is 19.6. The Kier molecular flexibility index (Phi) is 59.9. The van der Waals surface area contributed by atoms with Gasteiger partial charge in [0.1, 0.15) is 19.3 Å². The van der Waals surface area contributed by atoms with Crippen molar-refractivity contribution in [2.24, 2.45) is 11.8 Å². The Hall–Kier alpha value is -1.94. The quantitative estimate of drug-likeness (QED) is 0.0222. The molecule has 0 aromatic rings. The minimum absolute atomic E-state index is 0.106. The van der Waals surface area contributed by atoms with Crippen molar-refractivity contribution in [2.45, 2.75) is 368 Å². The van der Waals surface area contributed by atoms with E-state index in [0.29, 0.717) is 25.7 Å². The molecule has 0 spiro atoms. The molecule has 0 aromatic carbocycles. The molecule has 3 N–H and O–H groups in total. The van der Waals surface area contributed by atoms with Crippen LogP contribution in [0.3, 0.4) is 0 Å². The summed E-state index contributed by atoms with van der Waals surface area (Å²) in [6.07, 6.45) is 45.6. The summed E-state index contributed by atoms with van der Waals surface area (Å²) in [4.78, 5) is 72.5. The summed E-state index contributed by atoms with van der Waals surface area (Å²) in [7, 11) is -9.90. The highest BCUT2D eigenvalue weighted by Gasteiger charge is 2.30. The summed E-state index contributed by atoms with van der Waals surface area (Å²) in [6.45, 7) is 9.55. The molecule has 3 unspecified atom stereocenters. The van der Waals surface area contributed by atoms with Crippen LogP contribution in [0.25, 0.3) is 0 Å². The molecule has 0 saturated carbocycles. The highest BCUT2D eigenvalue weighted by molar-refractivity contribution is 7.47. The average Bonchev–Trinajstić information content (AvgIpc) is 3.62. The van der Waals surface area contributed by atoms with Crippen LogP contribution in [0.1, 0.15) is 350 Å². The molecule has 0 saturated heterocycles. The Morgan fingerprint density at radius 3 is 0.864 bits per heavy atom. The fourth-order valence-electron chi connectivity index (χ4n) is 10.4. The number of phosphoric acid groups is 2. The standard InChI is InChI=1S/C69H134O17P2/c1-7-10-12-14-16-18-19-20-29-35-41-47-53-68(73)85-64(57-79-66(71)51-45-39-33-25-17-15-13-11-8-2)59-83-87(75,76)81-55-63(70)56-82-88(77,78)84-60-65(58-80-67(72)52-46-40-34-28-23-21-26-31-37-43-49-61(4)5)86-69(74)54-48-42-36-30-24-22-27-32-38-44-50-62(6)9-3/h61-65,70H,7-60H2,1-6H3,(H,75,76)(H,77,78)/t62?,63-,64+,65+/m0/s1.